The van der Waals surface area contributed by atoms with E-state index >= 15 is 0 Å². The highest BCUT2D eigenvalue weighted by Gasteiger charge is 2.06. The summed E-state index contributed by atoms with van der Waals surface area (Å²) in [6.07, 6.45) is 1.13. The predicted octanol–water partition coefficient (Wildman–Crippen LogP) is 2.37. The molecule has 0 aliphatic rings. The zero-order valence-electron chi connectivity index (χ0n) is 8.42. The number of hydrogen-bond acceptors (Lipinski definition) is 2. The highest BCUT2D eigenvalue weighted by atomic mass is 35.5. The van der Waals surface area contributed by atoms with Gasteiger partial charge in [-0.3, -0.25) is 0 Å². The Kier molecular flexibility index (Phi) is 3.72. The first kappa shape index (κ1) is 10.5. The second-order valence-electron chi connectivity index (χ2n) is 3.66. The summed E-state index contributed by atoms with van der Waals surface area (Å²) in [6.45, 7) is 7.36. The van der Waals surface area contributed by atoms with Gasteiger partial charge < -0.3 is 0 Å². The fourth-order valence-corrected chi connectivity index (χ4v) is 1.36. The molecule has 0 unspecified atom stereocenters. The Morgan fingerprint density at radius 1 is 1.46 bits per heavy atom. The summed E-state index contributed by atoms with van der Waals surface area (Å²) >= 11 is 5.69. The molecule has 0 spiro atoms. The third-order valence-electron chi connectivity index (χ3n) is 2.12. The summed E-state index contributed by atoms with van der Waals surface area (Å²) in [5.41, 5.74) is 1.99. The normalized spacial score (nSPS) is 11.2. The zero-order chi connectivity index (χ0) is 9.84. The molecule has 1 rings (SSSR count). The lowest BCUT2D eigenvalue weighted by Crippen LogP contribution is -2.05. The van der Waals surface area contributed by atoms with Gasteiger partial charge >= 0.3 is 0 Å². The molecule has 1 heterocycles. The van der Waals surface area contributed by atoms with Gasteiger partial charge in [0.05, 0.1) is 11.6 Å². The molecule has 13 heavy (non-hydrogen) atoms. The molecule has 0 saturated heterocycles. The third kappa shape index (κ3) is 2.69. The van der Waals surface area contributed by atoms with E-state index in [0.717, 1.165) is 24.4 Å². The molecule has 0 aromatic carbocycles. The molecule has 0 N–H and O–H groups in total. The highest BCUT2D eigenvalue weighted by molar-refractivity contribution is 6.16. The second-order valence-corrected chi connectivity index (χ2v) is 3.93. The van der Waals surface area contributed by atoms with E-state index in [9.17, 15) is 0 Å². The molecule has 0 aliphatic carbocycles. The Morgan fingerprint density at radius 2 is 2.15 bits per heavy atom. The van der Waals surface area contributed by atoms with Gasteiger partial charge in [-0.2, -0.15) is 0 Å². The molecular formula is C9H16ClN3. The van der Waals surface area contributed by atoms with E-state index < -0.39 is 0 Å². The zero-order valence-corrected chi connectivity index (χ0v) is 9.17. The second kappa shape index (κ2) is 4.61. The maximum Gasteiger partial charge on any atom is 0.100 e. The maximum atomic E-state index is 5.69. The summed E-state index contributed by atoms with van der Waals surface area (Å²) < 4.78 is 1.93. The first-order chi connectivity index (χ1) is 6.15. The number of aryl methyl sites for hydroxylation is 1. The number of hydrogen-bond donors (Lipinski definition) is 0. The molecule has 0 amide bonds. The molecule has 0 atom stereocenters. The number of aromatic nitrogens is 3. The molecule has 0 bridgehead atoms. The fourth-order valence-electron chi connectivity index (χ4n) is 1.11. The SMILES string of the molecule is Cc1c(CCl)nnn1CCC(C)C. The van der Waals surface area contributed by atoms with Crippen LogP contribution in [0.3, 0.4) is 0 Å². The Labute approximate surface area is 84.1 Å². The van der Waals surface area contributed by atoms with Crippen LogP contribution in [0.1, 0.15) is 31.7 Å². The van der Waals surface area contributed by atoms with Gasteiger partial charge in [-0.05, 0) is 19.3 Å². The van der Waals surface area contributed by atoms with Crippen molar-refractivity contribution in [1.29, 1.82) is 0 Å². The van der Waals surface area contributed by atoms with Gasteiger partial charge in [0, 0.05) is 6.54 Å². The van der Waals surface area contributed by atoms with Crippen LogP contribution in [0.15, 0.2) is 0 Å². The van der Waals surface area contributed by atoms with Gasteiger partial charge in [0.1, 0.15) is 5.69 Å². The Bertz CT molecular complexity index is 268. The maximum absolute atomic E-state index is 5.69. The molecule has 0 radical (unpaired) electrons. The van der Waals surface area contributed by atoms with Crippen LogP contribution in [0.5, 0.6) is 0 Å². The van der Waals surface area contributed by atoms with Crippen molar-refractivity contribution in [2.45, 2.75) is 39.6 Å². The molecule has 1 aromatic heterocycles. The molecule has 0 aliphatic heterocycles. The van der Waals surface area contributed by atoms with Crippen LogP contribution in [-0.4, -0.2) is 15.0 Å². The molecule has 1 aromatic rings. The molecule has 0 saturated carbocycles. The average Bonchev–Trinajstić information content (AvgIpc) is 2.43. The Morgan fingerprint density at radius 3 is 2.62 bits per heavy atom. The summed E-state index contributed by atoms with van der Waals surface area (Å²) in [7, 11) is 0. The highest BCUT2D eigenvalue weighted by Crippen LogP contribution is 2.09. The molecule has 74 valence electrons. The van der Waals surface area contributed by atoms with Crippen molar-refractivity contribution in [1.82, 2.24) is 15.0 Å². The lowest BCUT2D eigenvalue weighted by Gasteiger charge is -2.05. The van der Waals surface area contributed by atoms with Crippen molar-refractivity contribution in [3.63, 3.8) is 0 Å². The Hall–Kier alpha value is -0.570. The summed E-state index contributed by atoms with van der Waals surface area (Å²) in [5.74, 6) is 1.15. The van der Waals surface area contributed by atoms with Gasteiger partial charge in [-0.1, -0.05) is 19.1 Å². The van der Waals surface area contributed by atoms with E-state index in [1.165, 1.54) is 0 Å². The van der Waals surface area contributed by atoms with Gasteiger partial charge in [0.2, 0.25) is 0 Å². The minimum absolute atomic E-state index is 0.452. The minimum Gasteiger partial charge on any atom is -0.249 e. The fraction of sp³-hybridized carbons (Fsp3) is 0.778. The van der Waals surface area contributed by atoms with Crippen LogP contribution in [-0.2, 0) is 12.4 Å². The van der Waals surface area contributed by atoms with Gasteiger partial charge in [-0.15, -0.1) is 16.7 Å². The third-order valence-corrected chi connectivity index (χ3v) is 2.38. The number of nitrogens with zero attached hydrogens (tertiary/aromatic N) is 3. The van der Waals surface area contributed by atoms with Crippen LogP contribution < -0.4 is 0 Å². The number of halogens is 1. The standard InChI is InChI=1S/C9H16ClN3/c1-7(2)4-5-13-8(3)9(6-10)11-12-13/h7H,4-6H2,1-3H3. The summed E-state index contributed by atoms with van der Waals surface area (Å²) in [4.78, 5) is 0. The number of alkyl halides is 1. The van der Waals surface area contributed by atoms with E-state index in [0.29, 0.717) is 11.8 Å². The quantitative estimate of drug-likeness (QED) is 0.701. The van der Waals surface area contributed by atoms with E-state index in [1.807, 2.05) is 11.6 Å². The van der Waals surface area contributed by atoms with Crippen LogP contribution in [0.4, 0.5) is 0 Å². The predicted molar refractivity (Wildman–Crippen MR) is 53.8 cm³/mol. The summed E-state index contributed by atoms with van der Waals surface area (Å²) in [6, 6.07) is 0. The van der Waals surface area contributed by atoms with Crippen LogP contribution in [0, 0.1) is 12.8 Å². The lowest BCUT2D eigenvalue weighted by molar-refractivity contribution is 0.472. The Balaban J connectivity index is 2.62. The largest absolute Gasteiger partial charge is 0.249 e. The van der Waals surface area contributed by atoms with Crippen molar-refractivity contribution in [3.8, 4) is 0 Å². The molecular weight excluding hydrogens is 186 g/mol. The van der Waals surface area contributed by atoms with Crippen LogP contribution in [0.25, 0.3) is 0 Å². The van der Waals surface area contributed by atoms with Crippen molar-refractivity contribution >= 4 is 11.6 Å². The van der Waals surface area contributed by atoms with E-state index in [-0.39, 0.29) is 0 Å². The van der Waals surface area contributed by atoms with E-state index in [1.54, 1.807) is 0 Å². The topological polar surface area (TPSA) is 30.7 Å². The van der Waals surface area contributed by atoms with E-state index in [4.69, 9.17) is 11.6 Å². The molecule has 3 nitrogen and oxygen atoms in total. The van der Waals surface area contributed by atoms with Crippen molar-refractivity contribution in [3.05, 3.63) is 11.4 Å². The smallest absolute Gasteiger partial charge is 0.100 e. The summed E-state index contributed by atoms with van der Waals surface area (Å²) in [5, 5.41) is 8.03. The minimum atomic E-state index is 0.452. The monoisotopic (exact) mass is 201 g/mol. The van der Waals surface area contributed by atoms with Crippen LogP contribution in [0.2, 0.25) is 0 Å². The van der Waals surface area contributed by atoms with Gasteiger partial charge in [0.25, 0.3) is 0 Å². The van der Waals surface area contributed by atoms with Crippen LogP contribution >= 0.6 is 11.6 Å². The molecule has 4 heteroatoms. The average molecular weight is 202 g/mol. The van der Waals surface area contributed by atoms with Crippen molar-refractivity contribution < 1.29 is 0 Å². The van der Waals surface area contributed by atoms with Crippen molar-refractivity contribution in [2.75, 3.05) is 0 Å². The van der Waals surface area contributed by atoms with E-state index in [2.05, 4.69) is 24.2 Å². The number of rotatable bonds is 4. The van der Waals surface area contributed by atoms with Gasteiger partial charge in [-0.25, -0.2) is 4.68 Å². The lowest BCUT2D eigenvalue weighted by atomic mass is 10.1. The first-order valence-electron chi connectivity index (χ1n) is 4.60. The van der Waals surface area contributed by atoms with Gasteiger partial charge in [0.15, 0.2) is 0 Å². The molecule has 0 fully saturated rings. The van der Waals surface area contributed by atoms with Crippen molar-refractivity contribution in [2.24, 2.45) is 5.92 Å². The first-order valence-corrected chi connectivity index (χ1v) is 5.13.